The van der Waals surface area contributed by atoms with Crippen LogP contribution >= 0.6 is 11.3 Å². The summed E-state index contributed by atoms with van der Waals surface area (Å²) in [4.78, 5) is 4.58. The van der Waals surface area contributed by atoms with Gasteiger partial charge in [-0.1, -0.05) is 6.07 Å². The second-order valence-electron chi connectivity index (χ2n) is 5.60. The maximum absolute atomic E-state index is 9.90. The molecule has 3 rings (SSSR count). The van der Waals surface area contributed by atoms with Gasteiger partial charge in [0.25, 0.3) is 0 Å². The molecular weight excluding hydrogens is 360 g/mol. The van der Waals surface area contributed by atoms with E-state index in [4.69, 9.17) is 9.47 Å². The van der Waals surface area contributed by atoms with Gasteiger partial charge in [0, 0.05) is 10.9 Å². The molecule has 0 spiro atoms. The number of hydrogen-bond acceptors (Lipinski definition) is 6. The zero-order valence-corrected chi connectivity index (χ0v) is 15.8. The van der Waals surface area contributed by atoms with E-state index in [1.165, 1.54) is 18.4 Å². The number of phenolic OH excluding ortho intramolecular Hbond substituents is 1. The monoisotopic (exact) mass is 378 g/mol. The Balaban J connectivity index is 1.87. The van der Waals surface area contributed by atoms with Gasteiger partial charge < -0.3 is 14.6 Å². The summed E-state index contributed by atoms with van der Waals surface area (Å²) in [7, 11) is 1.49. The van der Waals surface area contributed by atoms with Gasteiger partial charge in [0.05, 0.1) is 25.0 Å². The molecule has 0 atom stereocenters. The Morgan fingerprint density at radius 1 is 1.26 bits per heavy atom. The number of aromatic hydroxyl groups is 1. The van der Waals surface area contributed by atoms with Gasteiger partial charge in [-0.25, -0.2) is 4.98 Å². The zero-order chi connectivity index (χ0) is 19.2. The van der Waals surface area contributed by atoms with Crippen LogP contribution in [0.2, 0.25) is 0 Å². The largest absolute Gasteiger partial charge is 0.504 e. The van der Waals surface area contributed by atoms with Gasteiger partial charge in [-0.3, -0.25) is 0 Å². The number of phenols is 1. The van der Waals surface area contributed by atoms with Crippen LogP contribution in [0.15, 0.2) is 47.8 Å². The molecule has 6 heteroatoms. The minimum Gasteiger partial charge on any atom is -0.504 e. The molecule has 0 radical (unpaired) electrons. The molecule has 27 heavy (non-hydrogen) atoms. The summed E-state index contributed by atoms with van der Waals surface area (Å²) in [6.45, 7) is 2.57. The predicted molar refractivity (Wildman–Crippen MR) is 107 cm³/mol. The average Bonchev–Trinajstić information content (AvgIpc) is 3.17. The fraction of sp³-hybridized carbons (Fsp3) is 0.143. The molecule has 0 amide bonds. The van der Waals surface area contributed by atoms with Crippen molar-refractivity contribution in [2.45, 2.75) is 6.92 Å². The van der Waals surface area contributed by atoms with E-state index < -0.39 is 0 Å². The number of allylic oxidation sites excluding steroid dienone is 1. The van der Waals surface area contributed by atoms with E-state index in [1.807, 2.05) is 36.6 Å². The Hall–Kier alpha value is -3.30. The van der Waals surface area contributed by atoms with Crippen molar-refractivity contribution in [3.8, 4) is 34.6 Å². The van der Waals surface area contributed by atoms with Crippen LogP contribution < -0.4 is 9.47 Å². The molecule has 2 aromatic carbocycles. The van der Waals surface area contributed by atoms with Gasteiger partial charge in [-0.05, 0) is 55.0 Å². The molecule has 1 N–H and O–H groups in total. The highest BCUT2D eigenvalue weighted by Crippen LogP contribution is 2.30. The van der Waals surface area contributed by atoms with Gasteiger partial charge in [-0.15, -0.1) is 11.3 Å². The number of nitrogens with zero attached hydrogens (tertiary/aromatic N) is 2. The Bertz CT molecular complexity index is 1000. The lowest BCUT2D eigenvalue weighted by Gasteiger charge is -2.04. The lowest BCUT2D eigenvalue weighted by atomic mass is 10.1. The van der Waals surface area contributed by atoms with Gasteiger partial charge >= 0.3 is 0 Å². The summed E-state index contributed by atoms with van der Waals surface area (Å²) < 4.78 is 10.5. The third-order valence-corrected chi connectivity index (χ3v) is 4.71. The van der Waals surface area contributed by atoms with Crippen molar-refractivity contribution >= 4 is 23.0 Å². The van der Waals surface area contributed by atoms with E-state index in [9.17, 15) is 10.4 Å². The molecule has 0 bridgehead atoms. The van der Waals surface area contributed by atoms with Crippen LogP contribution in [0.5, 0.6) is 17.2 Å². The van der Waals surface area contributed by atoms with Crippen molar-refractivity contribution in [1.82, 2.24) is 4.98 Å². The number of hydrogen-bond donors (Lipinski definition) is 1. The molecule has 0 fully saturated rings. The number of aromatic nitrogens is 1. The molecule has 136 valence electrons. The topological polar surface area (TPSA) is 75.4 Å². The van der Waals surface area contributed by atoms with Gasteiger partial charge in [-0.2, -0.15) is 5.26 Å². The molecule has 0 aliphatic heterocycles. The van der Waals surface area contributed by atoms with E-state index in [0.717, 1.165) is 17.0 Å². The Morgan fingerprint density at radius 3 is 2.67 bits per heavy atom. The van der Waals surface area contributed by atoms with Crippen molar-refractivity contribution < 1.29 is 14.6 Å². The second kappa shape index (κ2) is 8.39. The molecule has 1 heterocycles. The van der Waals surface area contributed by atoms with Crippen LogP contribution in [0.25, 0.3) is 22.9 Å². The van der Waals surface area contributed by atoms with Gasteiger partial charge in [0.2, 0.25) is 0 Å². The summed E-state index contributed by atoms with van der Waals surface area (Å²) in [6, 6.07) is 14.9. The molecule has 1 aromatic heterocycles. The van der Waals surface area contributed by atoms with Crippen LogP contribution in [0.1, 0.15) is 17.5 Å². The predicted octanol–water partition coefficient (Wildman–Crippen LogP) is 4.99. The molecular formula is C21H18N2O3S. The summed E-state index contributed by atoms with van der Waals surface area (Å²) in [5, 5.41) is 22.0. The van der Waals surface area contributed by atoms with Crippen LogP contribution in [-0.4, -0.2) is 23.8 Å². The van der Waals surface area contributed by atoms with Crippen molar-refractivity contribution in [2.24, 2.45) is 0 Å². The molecule has 0 aliphatic rings. The Kier molecular flexibility index (Phi) is 5.74. The number of rotatable bonds is 6. The first-order chi connectivity index (χ1) is 13.1. The van der Waals surface area contributed by atoms with Crippen LogP contribution in [0.3, 0.4) is 0 Å². The van der Waals surface area contributed by atoms with Crippen LogP contribution in [0.4, 0.5) is 0 Å². The van der Waals surface area contributed by atoms with Crippen molar-refractivity contribution in [1.29, 1.82) is 5.26 Å². The standard InChI is InChI=1S/C21H18N2O3S/c1-3-26-17-7-5-15(6-8-17)18-13-27-21(23-18)16(12-22)10-14-4-9-20(25-2)19(24)11-14/h4-11,13,24H,3H2,1-2H3/b16-10+. The lowest BCUT2D eigenvalue weighted by Crippen LogP contribution is -1.90. The number of thiazole rings is 1. The molecule has 0 saturated heterocycles. The SMILES string of the molecule is CCOc1ccc(-c2csc(/C(C#N)=C/c3ccc(OC)c(O)c3)n2)cc1. The number of methoxy groups -OCH3 is 1. The van der Waals surface area contributed by atoms with E-state index in [2.05, 4.69) is 11.1 Å². The fourth-order valence-corrected chi connectivity index (χ4v) is 3.32. The maximum atomic E-state index is 9.90. The second-order valence-corrected chi connectivity index (χ2v) is 6.45. The number of benzene rings is 2. The minimum absolute atomic E-state index is 0.0257. The molecule has 5 nitrogen and oxygen atoms in total. The van der Waals surface area contributed by atoms with Crippen molar-refractivity contribution in [2.75, 3.05) is 13.7 Å². The molecule has 3 aromatic rings. The van der Waals surface area contributed by atoms with Gasteiger partial charge in [0.15, 0.2) is 11.5 Å². The van der Waals surface area contributed by atoms with E-state index in [-0.39, 0.29) is 5.75 Å². The summed E-state index contributed by atoms with van der Waals surface area (Å²) in [6.07, 6.45) is 1.69. The Morgan fingerprint density at radius 2 is 2.04 bits per heavy atom. The smallest absolute Gasteiger partial charge is 0.160 e. The third kappa shape index (κ3) is 4.27. The van der Waals surface area contributed by atoms with Crippen LogP contribution in [0, 0.1) is 11.3 Å². The summed E-state index contributed by atoms with van der Waals surface area (Å²) >= 11 is 1.40. The normalized spacial score (nSPS) is 11.1. The average molecular weight is 378 g/mol. The Labute approximate surface area is 161 Å². The highest BCUT2D eigenvalue weighted by Gasteiger charge is 2.10. The van der Waals surface area contributed by atoms with Crippen LogP contribution in [-0.2, 0) is 0 Å². The highest BCUT2D eigenvalue weighted by molar-refractivity contribution is 7.11. The zero-order valence-electron chi connectivity index (χ0n) is 15.0. The van der Waals surface area contributed by atoms with E-state index in [0.29, 0.717) is 28.5 Å². The highest BCUT2D eigenvalue weighted by atomic mass is 32.1. The molecule has 0 aliphatic carbocycles. The third-order valence-electron chi connectivity index (χ3n) is 3.83. The quantitative estimate of drug-likeness (QED) is 0.612. The van der Waals surface area contributed by atoms with E-state index >= 15 is 0 Å². The first-order valence-electron chi connectivity index (χ1n) is 8.32. The molecule has 0 saturated carbocycles. The maximum Gasteiger partial charge on any atom is 0.160 e. The molecule has 0 unspecified atom stereocenters. The van der Waals surface area contributed by atoms with Crippen molar-refractivity contribution in [3.05, 3.63) is 58.4 Å². The van der Waals surface area contributed by atoms with E-state index in [1.54, 1.807) is 24.3 Å². The lowest BCUT2D eigenvalue weighted by molar-refractivity contribution is 0.340. The first kappa shape index (κ1) is 18.5. The number of ether oxygens (including phenoxy) is 2. The number of nitriles is 1. The summed E-state index contributed by atoms with van der Waals surface area (Å²) in [5.41, 5.74) is 2.89. The fourth-order valence-electron chi connectivity index (χ4n) is 2.52. The first-order valence-corrected chi connectivity index (χ1v) is 9.20. The van der Waals surface area contributed by atoms with Crippen molar-refractivity contribution in [3.63, 3.8) is 0 Å². The minimum atomic E-state index is 0.0257. The summed E-state index contributed by atoms with van der Waals surface area (Å²) in [5.74, 6) is 1.23. The van der Waals surface area contributed by atoms with Gasteiger partial charge in [0.1, 0.15) is 16.8 Å².